The van der Waals surface area contributed by atoms with Crippen molar-refractivity contribution in [3.8, 4) is 0 Å². The molecule has 3 rings (SSSR count). The van der Waals surface area contributed by atoms with Gasteiger partial charge in [-0.1, -0.05) is 5.21 Å². The van der Waals surface area contributed by atoms with Gasteiger partial charge in [0, 0.05) is 4.88 Å². The van der Waals surface area contributed by atoms with Crippen molar-refractivity contribution in [3.63, 3.8) is 0 Å². The largest absolute Gasteiger partial charge is 0.346 e. The molecule has 0 radical (unpaired) electrons. The minimum absolute atomic E-state index is 0.181. The van der Waals surface area contributed by atoms with Crippen molar-refractivity contribution in [2.75, 3.05) is 13.1 Å². The van der Waals surface area contributed by atoms with Gasteiger partial charge in [0.15, 0.2) is 5.69 Å². The fourth-order valence-electron chi connectivity index (χ4n) is 2.34. The maximum Gasteiger partial charge on any atom is 0.273 e. The first-order chi connectivity index (χ1) is 10.2. The summed E-state index contributed by atoms with van der Waals surface area (Å²) in [5.74, 6) is -0.181. The predicted octanol–water partition coefficient (Wildman–Crippen LogP) is 1.96. The molecule has 0 aliphatic carbocycles. The molecule has 21 heavy (non-hydrogen) atoms. The van der Waals surface area contributed by atoms with Crippen LogP contribution in [-0.4, -0.2) is 34.0 Å². The highest BCUT2D eigenvalue weighted by atomic mass is 79.9. The molecule has 6 nitrogen and oxygen atoms in total. The zero-order valence-corrected chi connectivity index (χ0v) is 13.8. The number of thiophene rings is 1. The lowest BCUT2D eigenvalue weighted by molar-refractivity contribution is 0.0946. The number of amides is 1. The maximum atomic E-state index is 12.1. The fraction of sp³-hybridized carbons (Fsp3) is 0.462. The van der Waals surface area contributed by atoms with Crippen LogP contribution in [0.25, 0.3) is 0 Å². The van der Waals surface area contributed by atoms with E-state index in [2.05, 4.69) is 36.9 Å². The number of carbonyl (C=O) groups excluding carboxylic acids is 1. The van der Waals surface area contributed by atoms with Crippen molar-refractivity contribution in [2.45, 2.75) is 25.4 Å². The summed E-state index contributed by atoms with van der Waals surface area (Å²) in [6.07, 6.45) is 3.79. The normalized spacial score (nSPS) is 16.0. The van der Waals surface area contributed by atoms with Crippen LogP contribution in [0, 0.1) is 0 Å². The van der Waals surface area contributed by atoms with Crippen molar-refractivity contribution in [2.24, 2.45) is 0 Å². The third-order valence-corrected chi connectivity index (χ3v) is 5.10. The standard InChI is InChI=1S/C13H16BrN5OS/c14-12-2-1-10(21-12)7-16-13(20)11-8-19(18-17-11)9-3-5-15-6-4-9/h1-2,8-9,15H,3-7H2,(H,16,20). The number of nitrogens with zero attached hydrogens (tertiary/aromatic N) is 3. The van der Waals surface area contributed by atoms with Crippen LogP contribution < -0.4 is 10.6 Å². The fourth-order valence-corrected chi connectivity index (χ4v) is 3.76. The van der Waals surface area contributed by atoms with E-state index in [-0.39, 0.29) is 5.91 Å². The van der Waals surface area contributed by atoms with E-state index in [1.54, 1.807) is 17.5 Å². The molecule has 0 unspecified atom stereocenters. The van der Waals surface area contributed by atoms with Gasteiger partial charge in [0.05, 0.1) is 22.6 Å². The lowest BCUT2D eigenvalue weighted by Gasteiger charge is -2.22. The highest BCUT2D eigenvalue weighted by Crippen LogP contribution is 2.22. The Morgan fingerprint density at radius 1 is 1.48 bits per heavy atom. The summed E-state index contributed by atoms with van der Waals surface area (Å²) in [5, 5.41) is 14.3. The third-order valence-electron chi connectivity index (χ3n) is 3.48. The lowest BCUT2D eigenvalue weighted by Crippen LogP contribution is -2.29. The monoisotopic (exact) mass is 369 g/mol. The minimum Gasteiger partial charge on any atom is -0.346 e. The summed E-state index contributed by atoms with van der Waals surface area (Å²) < 4.78 is 2.88. The molecule has 0 spiro atoms. The molecule has 1 aliphatic rings. The summed E-state index contributed by atoms with van der Waals surface area (Å²) in [6, 6.07) is 4.30. The number of nitrogens with one attached hydrogen (secondary N) is 2. The van der Waals surface area contributed by atoms with E-state index >= 15 is 0 Å². The van der Waals surface area contributed by atoms with Crippen LogP contribution in [0.5, 0.6) is 0 Å². The second-order valence-corrected chi connectivity index (χ2v) is 7.50. The van der Waals surface area contributed by atoms with Gasteiger partial charge < -0.3 is 10.6 Å². The molecule has 0 saturated carbocycles. The number of carbonyl (C=O) groups is 1. The number of rotatable bonds is 4. The topological polar surface area (TPSA) is 71.8 Å². The SMILES string of the molecule is O=C(NCc1ccc(Br)s1)c1cn(C2CCNCC2)nn1. The van der Waals surface area contributed by atoms with E-state index in [4.69, 9.17) is 0 Å². The summed E-state index contributed by atoms with van der Waals surface area (Å²) in [4.78, 5) is 13.2. The van der Waals surface area contributed by atoms with E-state index in [1.807, 2.05) is 16.8 Å². The Kier molecular flexibility index (Phi) is 4.67. The van der Waals surface area contributed by atoms with E-state index in [9.17, 15) is 4.79 Å². The first kappa shape index (κ1) is 14.7. The number of piperidine rings is 1. The van der Waals surface area contributed by atoms with Crippen molar-refractivity contribution < 1.29 is 4.79 Å². The van der Waals surface area contributed by atoms with Crippen molar-refractivity contribution in [1.82, 2.24) is 25.6 Å². The molecule has 8 heteroatoms. The molecule has 1 aliphatic heterocycles. The molecule has 2 N–H and O–H groups in total. The summed E-state index contributed by atoms with van der Waals surface area (Å²) in [7, 11) is 0. The van der Waals surface area contributed by atoms with Gasteiger partial charge >= 0.3 is 0 Å². The summed E-state index contributed by atoms with van der Waals surface area (Å²) >= 11 is 5.01. The van der Waals surface area contributed by atoms with Gasteiger partial charge in [0.2, 0.25) is 0 Å². The molecule has 0 aromatic carbocycles. The molecule has 1 fully saturated rings. The molecule has 1 saturated heterocycles. The smallest absolute Gasteiger partial charge is 0.273 e. The first-order valence-electron chi connectivity index (χ1n) is 6.87. The van der Waals surface area contributed by atoms with E-state index in [0.29, 0.717) is 18.3 Å². The second-order valence-electron chi connectivity index (χ2n) is 4.95. The molecular weight excluding hydrogens is 354 g/mol. The Hall–Kier alpha value is -1.25. The van der Waals surface area contributed by atoms with Crippen LogP contribution in [0.15, 0.2) is 22.1 Å². The van der Waals surface area contributed by atoms with Crippen LogP contribution in [0.2, 0.25) is 0 Å². The molecule has 0 atom stereocenters. The lowest BCUT2D eigenvalue weighted by atomic mass is 10.1. The van der Waals surface area contributed by atoms with Crippen molar-refractivity contribution in [1.29, 1.82) is 0 Å². The number of hydrogen-bond acceptors (Lipinski definition) is 5. The second kappa shape index (κ2) is 6.67. The number of aromatic nitrogens is 3. The summed E-state index contributed by atoms with van der Waals surface area (Å²) in [6.45, 7) is 2.48. The van der Waals surface area contributed by atoms with Crippen molar-refractivity contribution in [3.05, 3.63) is 32.7 Å². The van der Waals surface area contributed by atoms with Gasteiger partial charge in [0.25, 0.3) is 5.91 Å². The van der Waals surface area contributed by atoms with Gasteiger partial charge in [-0.15, -0.1) is 16.4 Å². The minimum atomic E-state index is -0.181. The van der Waals surface area contributed by atoms with E-state index in [0.717, 1.165) is 34.6 Å². The molecule has 0 bridgehead atoms. The first-order valence-corrected chi connectivity index (χ1v) is 8.48. The Labute approximate surface area is 135 Å². The van der Waals surface area contributed by atoms with Crippen LogP contribution >= 0.6 is 27.3 Å². The highest BCUT2D eigenvalue weighted by Gasteiger charge is 2.18. The van der Waals surface area contributed by atoms with E-state index in [1.165, 1.54) is 0 Å². The Morgan fingerprint density at radius 2 is 2.29 bits per heavy atom. The van der Waals surface area contributed by atoms with Crippen LogP contribution in [-0.2, 0) is 6.54 Å². The number of hydrogen-bond donors (Lipinski definition) is 2. The predicted molar refractivity (Wildman–Crippen MR) is 84.4 cm³/mol. The molecule has 1 amide bonds. The van der Waals surface area contributed by atoms with E-state index < -0.39 is 0 Å². The van der Waals surface area contributed by atoms with Gasteiger partial charge in [-0.2, -0.15) is 0 Å². The number of halogens is 1. The Bertz CT molecular complexity index is 620. The van der Waals surface area contributed by atoms with Crippen LogP contribution in [0.4, 0.5) is 0 Å². The third kappa shape index (κ3) is 3.69. The molecule has 112 valence electrons. The average molecular weight is 370 g/mol. The molecular formula is C13H16BrN5OS. The molecule has 3 heterocycles. The zero-order chi connectivity index (χ0) is 14.7. The summed E-state index contributed by atoms with van der Waals surface area (Å²) in [5.41, 5.74) is 0.379. The van der Waals surface area contributed by atoms with Crippen LogP contribution in [0.3, 0.4) is 0 Å². The molecule has 2 aromatic heterocycles. The van der Waals surface area contributed by atoms with Crippen molar-refractivity contribution >= 4 is 33.2 Å². The van der Waals surface area contributed by atoms with Gasteiger partial charge in [-0.25, -0.2) is 4.68 Å². The quantitative estimate of drug-likeness (QED) is 0.863. The average Bonchev–Trinajstić information content (AvgIpc) is 3.15. The maximum absolute atomic E-state index is 12.1. The van der Waals surface area contributed by atoms with Gasteiger partial charge in [-0.3, -0.25) is 4.79 Å². The Morgan fingerprint density at radius 3 is 3.00 bits per heavy atom. The highest BCUT2D eigenvalue weighted by molar-refractivity contribution is 9.11. The molecule has 2 aromatic rings. The van der Waals surface area contributed by atoms with Crippen LogP contribution in [0.1, 0.15) is 34.2 Å². The zero-order valence-electron chi connectivity index (χ0n) is 11.4. The van der Waals surface area contributed by atoms with Gasteiger partial charge in [-0.05, 0) is 54.0 Å². The Balaban J connectivity index is 1.58. The van der Waals surface area contributed by atoms with Gasteiger partial charge in [0.1, 0.15) is 0 Å².